The molecule has 2 heterocycles. The van der Waals surface area contributed by atoms with Gasteiger partial charge in [-0.1, -0.05) is 78.9 Å². The average molecular weight is 419 g/mol. The highest BCUT2D eigenvalue weighted by molar-refractivity contribution is 5.91. The SMILES string of the molecule is O=C(Cc1ccccc1)Nc1ncc(-c2ccc(-c3ccc(-c4cnc[nH]4)cc3)cc2)[nH]1. The minimum atomic E-state index is -0.106. The van der Waals surface area contributed by atoms with Gasteiger partial charge >= 0.3 is 0 Å². The molecule has 0 aliphatic heterocycles. The van der Waals surface area contributed by atoms with Gasteiger partial charge in [0.05, 0.1) is 36.5 Å². The van der Waals surface area contributed by atoms with E-state index in [2.05, 4.69) is 61.7 Å². The number of nitrogens with one attached hydrogen (secondary N) is 3. The molecule has 0 bridgehead atoms. The van der Waals surface area contributed by atoms with E-state index >= 15 is 0 Å². The van der Waals surface area contributed by atoms with Crippen molar-refractivity contribution in [2.24, 2.45) is 0 Å². The zero-order valence-electron chi connectivity index (χ0n) is 17.2. The number of imidazole rings is 2. The highest BCUT2D eigenvalue weighted by atomic mass is 16.1. The molecule has 5 rings (SSSR count). The van der Waals surface area contributed by atoms with E-state index in [1.807, 2.05) is 48.7 Å². The van der Waals surface area contributed by atoms with Crippen molar-refractivity contribution in [3.63, 3.8) is 0 Å². The van der Waals surface area contributed by atoms with Crippen LogP contribution in [0.4, 0.5) is 5.95 Å². The molecule has 6 nitrogen and oxygen atoms in total. The molecular formula is C26H21N5O. The Morgan fingerprint density at radius 2 is 1.38 bits per heavy atom. The lowest BCUT2D eigenvalue weighted by atomic mass is 10.0. The number of rotatable bonds is 6. The number of amides is 1. The lowest BCUT2D eigenvalue weighted by Crippen LogP contribution is -2.15. The van der Waals surface area contributed by atoms with Crippen molar-refractivity contribution in [1.82, 2.24) is 19.9 Å². The first kappa shape index (κ1) is 19.5. The van der Waals surface area contributed by atoms with Gasteiger partial charge in [-0.25, -0.2) is 9.97 Å². The average Bonchev–Trinajstić information content (AvgIpc) is 3.53. The van der Waals surface area contributed by atoms with Crippen LogP contribution in [0.15, 0.2) is 97.6 Å². The highest BCUT2D eigenvalue weighted by Crippen LogP contribution is 2.26. The molecule has 0 spiro atoms. The summed E-state index contributed by atoms with van der Waals surface area (Å²) in [6.45, 7) is 0. The van der Waals surface area contributed by atoms with Crippen molar-refractivity contribution in [2.45, 2.75) is 6.42 Å². The number of H-pyrrole nitrogens is 2. The van der Waals surface area contributed by atoms with Crippen LogP contribution in [-0.2, 0) is 11.2 Å². The first-order valence-corrected chi connectivity index (χ1v) is 10.3. The number of nitrogens with zero attached hydrogens (tertiary/aromatic N) is 2. The van der Waals surface area contributed by atoms with E-state index in [-0.39, 0.29) is 5.91 Å². The van der Waals surface area contributed by atoms with Crippen molar-refractivity contribution in [2.75, 3.05) is 5.32 Å². The normalized spacial score (nSPS) is 10.8. The Kier molecular flexibility index (Phi) is 5.32. The van der Waals surface area contributed by atoms with Gasteiger partial charge in [0.2, 0.25) is 11.9 Å². The summed E-state index contributed by atoms with van der Waals surface area (Å²) in [5.41, 5.74) is 7.17. The van der Waals surface area contributed by atoms with Crippen LogP contribution in [0.1, 0.15) is 5.56 Å². The third-order valence-corrected chi connectivity index (χ3v) is 5.26. The molecule has 156 valence electrons. The fourth-order valence-corrected chi connectivity index (χ4v) is 3.59. The summed E-state index contributed by atoms with van der Waals surface area (Å²) >= 11 is 0. The fraction of sp³-hybridized carbons (Fsp3) is 0.0385. The van der Waals surface area contributed by atoms with Crippen LogP contribution < -0.4 is 5.32 Å². The molecule has 5 aromatic rings. The topological polar surface area (TPSA) is 86.5 Å². The summed E-state index contributed by atoms with van der Waals surface area (Å²) < 4.78 is 0. The Bertz CT molecular complexity index is 1310. The molecule has 3 aromatic carbocycles. The molecule has 0 aliphatic rings. The number of aromatic amines is 2. The largest absolute Gasteiger partial charge is 0.345 e. The second kappa shape index (κ2) is 8.73. The molecule has 2 aromatic heterocycles. The van der Waals surface area contributed by atoms with Crippen molar-refractivity contribution in [3.05, 3.63) is 103 Å². The Labute approximate surface area is 185 Å². The summed E-state index contributed by atoms with van der Waals surface area (Å²) in [6, 6.07) is 26.2. The number of hydrogen-bond acceptors (Lipinski definition) is 3. The van der Waals surface area contributed by atoms with Gasteiger partial charge in [0, 0.05) is 0 Å². The van der Waals surface area contributed by atoms with E-state index < -0.39 is 0 Å². The highest BCUT2D eigenvalue weighted by Gasteiger charge is 2.09. The molecule has 1 amide bonds. The molecule has 0 saturated heterocycles. The second-order valence-corrected chi connectivity index (χ2v) is 7.48. The minimum Gasteiger partial charge on any atom is -0.345 e. The van der Waals surface area contributed by atoms with Crippen LogP contribution in [0.3, 0.4) is 0 Å². The first-order chi connectivity index (χ1) is 15.7. The van der Waals surface area contributed by atoms with E-state index in [4.69, 9.17) is 0 Å². The molecule has 0 aliphatic carbocycles. The van der Waals surface area contributed by atoms with Gasteiger partial charge in [0.15, 0.2) is 0 Å². The maximum atomic E-state index is 12.3. The molecule has 0 saturated carbocycles. The van der Waals surface area contributed by atoms with E-state index in [1.165, 1.54) is 0 Å². The number of aromatic nitrogens is 4. The molecular weight excluding hydrogens is 398 g/mol. The van der Waals surface area contributed by atoms with Gasteiger partial charge in [-0.3, -0.25) is 10.1 Å². The maximum absolute atomic E-state index is 12.3. The van der Waals surface area contributed by atoms with Gasteiger partial charge < -0.3 is 9.97 Å². The lowest BCUT2D eigenvalue weighted by molar-refractivity contribution is -0.115. The predicted octanol–water partition coefficient (Wildman–Crippen LogP) is 5.32. The summed E-state index contributed by atoms with van der Waals surface area (Å²) in [6.07, 6.45) is 5.53. The first-order valence-electron chi connectivity index (χ1n) is 10.3. The minimum absolute atomic E-state index is 0.106. The number of hydrogen-bond donors (Lipinski definition) is 3. The Morgan fingerprint density at radius 1 is 0.750 bits per heavy atom. The summed E-state index contributed by atoms with van der Waals surface area (Å²) in [5.74, 6) is 0.338. The van der Waals surface area contributed by atoms with Crippen LogP contribution in [-0.4, -0.2) is 25.8 Å². The number of carbonyl (C=O) groups excluding carboxylic acids is 1. The molecule has 0 fully saturated rings. The van der Waals surface area contributed by atoms with E-state index in [9.17, 15) is 4.79 Å². The maximum Gasteiger partial charge on any atom is 0.231 e. The van der Waals surface area contributed by atoms with Gasteiger partial charge in [0.1, 0.15) is 0 Å². The number of benzene rings is 3. The predicted molar refractivity (Wildman–Crippen MR) is 126 cm³/mol. The summed E-state index contributed by atoms with van der Waals surface area (Å²) in [4.78, 5) is 26.9. The van der Waals surface area contributed by atoms with Gasteiger partial charge in [-0.2, -0.15) is 0 Å². The fourth-order valence-electron chi connectivity index (χ4n) is 3.59. The summed E-state index contributed by atoms with van der Waals surface area (Å²) in [7, 11) is 0. The van der Waals surface area contributed by atoms with E-state index in [1.54, 1.807) is 12.5 Å². The molecule has 3 N–H and O–H groups in total. The monoisotopic (exact) mass is 419 g/mol. The Balaban J connectivity index is 1.25. The lowest BCUT2D eigenvalue weighted by Gasteiger charge is -2.05. The second-order valence-electron chi connectivity index (χ2n) is 7.48. The van der Waals surface area contributed by atoms with Crippen LogP contribution >= 0.6 is 0 Å². The third-order valence-electron chi connectivity index (χ3n) is 5.26. The molecule has 0 unspecified atom stereocenters. The number of carbonyl (C=O) groups is 1. The standard InChI is InChI=1S/C26H21N5O/c32-25(14-18-4-2-1-3-5-18)31-26-28-16-24(30-26)22-12-8-20(9-13-22)19-6-10-21(11-7-19)23-15-27-17-29-23/h1-13,15-17H,14H2,(H,27,29)(H2,28,30,31,32). The van der Waals surface area contributed by atoms with E-state index in [0.29, 0.717) is 12.4 Å². The van der Waals surface area contributed by atoms with Crippen LogP contribution in [0, 0.1) is 0 Å². The van der Waals surface area contributed by atoms with Crippen molar-refractivity contribution >= 4 is 11.9 Å². The van der Waals surface area contributed by atoms with Crippen LogP contribution in [0.2, 0.25) is 0 Å². The van der Waals surface area contributed by atoms with Crippen LogP contribution in [0.25, 0.3) is 33.6 Å². The van der Waals surface area contributed by atoms with E-state index in [0.717, 1.165) is 39.2 Å². The Morgan fingerprint density at radius 3 is 2.00 bits per heavy atom. The van der Waals surface area contributed by atoms with Gasteiger partial charge in [-0.15, -0.1) is 0 Å². The van der Waals surface area contributed by atoms with Crippen LogP contribution in [0.5, 0.6) is 0 Å². The molecule has 0 radical (unpaired) electrons. The zero-order valence-corrected chi connectivity index (χ0v) is 17.2. The third kappa shape index (κ3) is 4.34. The molecule has 0 atom stereocenters. The number of anilines is 1. The van der Waals surface area contributed by atoms with Gasteiger partial charge in [-0.05, 0) is 27.8 Å². The molecule has 32 heavy (non-hydrogen) atoms. The zero-order chi connectivity index (χ0) is 21.8. The molecule has 6 heteroatoms. The van der Waals surface area contributed by atoms with Crippen molar-refractivity contribution in [1.29, 1.82) is 0 Å². The van der Waals surface area contributed by atoms with Crippen molar-refractivity contribution < 1.29 is 4.79 Å². The van der Waals surface area contributed by atoms with Crippen molar-refractivity contribution in [3.8, 4) is 33.6 Å². The summed E-state index contributed by atoms with van der Waals surface area (Å²) in [5, 5.41) is 2.82. The Hall–Kier alpha value is -4.45. The quantitative estimate of drug-likeness (QED) is 0.348. The smallest absolute Gasteiger partial charge is 0.231 e. The van der Waals surface area contributed by atoms with Gasteiger partial charge in [0.25, 0.3) is 0 Å².